The van der Waals surface area contributed by atoms with E-state index in [2.05, 4.69) is 28.7 Å². The molecular weight excluding hydrogens is 288 g/mol. The summed E-state index contributed by atoms with van der Waals surface area (Å²) in [4.78, 5) is 4.78. The summed E-state index contributed by atoms with van der Waals surface area (Å²) in [5.74, 6) is 0. The van der Waals surface area contributed by atoms with E-state index in [9.17, 15) is 0 Å². The second kappa shape index (κ2) is 8.13. The van der Waals surface area contributed by atoms with Crippen molar-refractivity contribution in [3.05, 3.63) is 16.4 Å². The predicted molar refractivity (Wildman–Crippen MR) is 85.7 cm³/mol. The Morgan fingerprint density at radius 2 is 1.86 bits per heavy atom. The molecular formula is C15H27ClN4O. The van der Waals surface area contributed by atoms with Gasteiger partial charge >= 0.3 is 0 Å². The monoisotopic (exact) mass is 314 g/mol. The summed E-state index contributed by atoms with van der Waals surface area (Å²) in [7, 11) is 0. The lowest BCUT2D eigenvalue weighted by Crippen LogP contribution is -2.32. The highest BCUT2D eigenvalue weighted by molar-refractivity contribution is 6.31. The molecule has 2 rings (SSSR count). The van der Waals surface area contributed by atoms with Gasteiger partial charge in [0.15, 0.2) is 0 Å². The Morgan fingerprint density at radius 1 is 1.14 bits per heavy atom. The van der Waals surface area contributed by atoms with Crippen LogP contribution in [0.4, 0.5) is 0 Å². The number of halogens is 1. The predicted octanol–water partition coefficient (Wildman–Crippen LogP) is 1.62. The molecule has 1 N–H and O–H groups in total. The van der Waals surface area contributed by atoms with Gasteiger partial charge < -0.3 is 5.11 Å². The normalized spacial score (nSPS) is 18.1. The Labute approximate surface area is 132 Å². The Morgan fingerprint density at radius 3 is 2.52 bits per heavy atom. The molecule has 0 amide bonds. The molecule has 21 heavy (non-hydrogen) atoms. The van der Waals surface area contributed by atoms with E-state index >= 15 is 0 Å². The maximum Gasteiger partial charge on any atom is 0.0863 e. The molecule has 5 nitrogen and oxygen atoms in total. The second-order valence-corrected chi connectivity index (χ2v) is 5.95. The van der Waals surface area contributed by atoms with Crippen LogP contribution in [-0.2, 0) is 19.5 Å². The highest BCUT2D eigenvalue weighted by Crippen LogP contribution is 2.23. The zero-order chi connectivity index (χ0) is 15.2. The fourth-order valence-corrected chi connectivity index (χ4v) is 3.26. The summed E-state index contributed by atoms with van der Waals surface area (Å²) in [6.07, 6.45) is 2.02. The first kappa shape index (κ1) is 16.7. The minimum Gasteiger partial charge on any atom is -0.395 e. The van der Waals surface area contributed by atoms with Gasteiger partial charge in [-0.05, 0) is 32.9 Å². The summed E-state index contributed by atoms with van der Waals surface area (Å²) in [6.45, 7) is 11.1. The van der Waals surface area contributed by atoms with Crippen LogP contribution in [-0.4, -0.2) is 64.0 Å². The number of β-amino-alcohol motifs (C(OH)–C–C–N with tert-alkyl or cyclic N) is 1. The quantitative estimate of drug-likeness (QED) is 0.866. The molecule has 2 heterocycles. The van der Waals surface area contributed by atoms with Crippen molar-refractivity contribution in [3.8, 4) is 0 Å². The van der Waals surface area contributed by atoms with Crippen molar-refractivity contribution in [1.82, 2.24) is 19.6 Å². The Bertz CT molecular complexity index is 449. The van der Waals surface area contributed by atoms with Crippen LogP contribution in [0.15, 0.2) is 0 Å². The van der Waals surface area contributed by atoms with Crippen LogP contribution in [0.5, 0.6) is 0 Å². The number of hydrogen-bond donors (Lipinski definition) is 1. The highest BCUT2D eigenvalue weighted by atomic mass is 35.5. The van der Waals surface area contributed by atoms with Crippen LogP contribution in [0.3, 0.4) is 0 Å². The van der Waals surface area contributed by atoms with E-state index in [1.54, 1.807) is 0 Å². The molecule has 0 aliphatic carbocycles. The maximum absolute atomic E-state index is 9.06. The number of rotatable bonds is 6. The van der Waals surface area contributed by atoms with E-state index in [0.717, 1.165) is 75.1 Å². The van der Waals surface area contributed by atoms with Gasteiger partial charge in [0, 0.05) is 32.7 Å². The Balaban J connectivity index is 2.03. The van der Waals surface area contributed by atoms with E-state index in [-0.39, 0.29) is 6.61 Å². The third-order valence-corrected chi connectivity index (χ3v) is 4.60. The molecule has 0 saturated carbocycles. The van der Waals surface area contributed by atoms with Crippen molar-refractivity contribution in [1.29, 1.82) is 0 Å². The molecule has 0 radical (unpaired) electrons. The number of aliphatic hydroxyl groups is 1. The number of aryl methyl sites for hydroxylation is 2. The average Bonchev–Trinajstić information content (AvgIpc) is 2.64. The summed E-state index contributed by atoms with van der Waals surface area (Å²) >= 11 is 6.49. The molecule has 1 aliphatic heterocycles. The molecule has 1 aromatic heterocycles. The van der Waals surface area contributed by atoms with Crippen LogP contribution in [0.2, 0.25) is 5.02 Å². The number of aromatic nitrogens is 2. The van der Waals surface area contributed by atoms with Crippen LogP contribution in [0.25, 0.3) is 0 Å². The third kappa shape index (κ3) is 4.19. The largest absolute Gasteiger partial charge is 0.395 e. The fraction of sp³-hybridized carbons (Fsp3) is 0.800. The summed E-state index contributed by atoms with van der Waals surface area (Å²) in [5, 5.41) is 14.5. The molecule has 0 atom stereocenters. The zero-order valence-electron chi connectivity index (χ0n) is 13.2. The second-order valence-electron chi connectivity index (χ2n) is 5.57. The van der Waals surface area contributed by atoms with Crippen LogP contribution in [0.1, 0.15) is 31.7 Å². The number of hydrogen-bond acceptors (Lipinski definition) is 4. The minimum absolute atomic E-state index is 0.244. The van der Waals surface area contributed by atoms with Gasteiger partial charge in [0.05, 0.1) is 23.0 Å². The van der Waals surface area contributed by atoms with E-state index < -0.39 is 0 Å². The van der Waals surface area contributed by atoms with E-state index in [0.29, 0.717) is 0 Å². The molecule has 1 saturated heterocycles. The van der Waals surface area contributed by atoms with Gasteiger partial charge in [0.25, 0.3) is 0 Å². The number of aliphatic hydroxyl groups excluding tert-OH is 1. The smallest absolute Gasteiger partial charge is 0.0863 e. The molecule has 1 fully saturated rings. The van der Waals surface area contributed by atoms with E-state index in [4.69, 9.17) is 16.7 Å². The van der Waals surface area contributed by atoms with Crippen molar-refractivity contribution < 1.29 is 5.11 Å². The Hall–Kier alpha value is -0.620. The molecule has 6 heteroatoms. The van der Waals surface area contributed by atoms with E-state index in [1.807, 2.05) is 4.68 Å². The SMILES string of the molecule is CCc1nn(CC)c(CN2CCCN(CCO)CC2)c1Cl. The molecule has 120 valence electrons. The van der Waals surface area contributed by atoms with Gasteiger partial charge in [-0.25, -0.2) is 0 Å². The topological polar surface area (TPSA) is 44.5 Å². The van der Waals surface area contributed by atoms with Gasteiger partial charge in [0.1, 0.15) is 0 Å². The maximum atomic E-state index is 9.06. The van der Waals surface area contributed by atoms with Gasteiger partial charge in [-0.1, -0.05) is 18.5 Å². The summed E-state index contributed by atoms with van der Waals surface area (Å²) in [5.41, 5.74) is 2.15. The molecule has 0 aromatic carbocycles. The molecule has 0 spiro atoms. The first-order chi connectivity index (χ1) is 10.2. The van der Waals surface area contributed by atoms with Crippen molar-refractivity contribution in [3.63, 3.8) is 0 Å². The summed E-state index contributed by atoms with van der Waals surface area (Å²) < 4.78 is 2.04. The minimum atomic E-state index is 0.244. The van der Waals surface area contributed by atoms with Crippen LogP contribution < -0.4 is 0 Å². The van der Waals surface area contributed by atoms with Crippen molar-refractivity contribution in [2.45, 2.75) is 39.8 Å². The van der Waals surface area contributed by atoms with Gasteiger partial charge in [-0.2, -0.15) is 5.10 Å². The number of nitrogens with zero attached hydrogens (tertiary/aromatic N) is 4. The van der Waals surface area contributed by atoms with Gasteiger partial charge in [0.2, 0.25) is 0 Å². The first-order valence-corrected chi connectivity index (χ1v) is 8.37. The first-order valence-electron chi connectivity index (χ1n) is 7.99. The Kier molecular flexibility index (Phi) is 6.48. The fourth-order valence-electron chi connectivity index (χ4n) is 2.93. The average molecular weight is 315 g/mol. The molecule has 1 aliphatic rings. The van der Waals surface area contributed by atoms with Gasteiger partial charge in [-0.15, -0.1) is 0 Å². The lowest BCUT2D eigenvalue weighted by atomic mass is 10.2. The molecule has 1 aromatic rings. The molecule has 0 unspecified atom stereocenters. The van der Waals surface area contributed by atoms with Crippen molar-refractivity contribution in [2.75, 3.05) is 39.3 Å². The van der Waals surface area contributed by atoms with Crippen molar-refractivity contribution >= 4 is 11.6 Å². The zero-order valence-corrected chi connectivity index (χ0v) is 13.9. The molecule has 0 bridgehead atoms. The standard InChI is InChI=1S/C15H27ClN4O/c1-3-13-15(16)14(20(4-2)17-13)12-19-7-5-6-18(8-9-19)10-11-21/h21H,3-12H2,1-2H3. The lowest BCUT2D eigenvalue weighted by Gasteiger charge is -2.21. The lowest BCUT2D eigenvalue weighted by molar-refractivity contribution is 0.195. The highest BCUT2D eigenvalue weighted by Gasteiger charge is 2.19. The third-order valence-electron chi connectivity index (χ3n) is 4.16. The summed E-state index contributed by atoms with van der Waals surface area (Å²) in [6, 6.07) is 0. The van der Waals surface area contributed by atoms with E-state index in [1.165, 1.54) is 0 Å². The van der Waals surface area contributed by atoms with Crippen LogP contribution in [0, 0.1) is 0 Å². The van der Waals surface area contributed by atoms with Crippen LogP contribution >= 0.6 is 11.6 Å². The van der Waals surface area contributed by atoms with Gasteiger partial charge in [-0.3, -0.25) is 14.5 Å². The van der Waals surface area contributed by atoms with Crippen molar-refractivity contribution in [2.24, 2.45) is 0 Å².